The summed E-state index contributed by atoms with van der Waals surface area (Å²) in [6, 6.07) is 18.8. The van der Waals surface area contributed by atoms with Crippen molar-refractivity contribution in [2.45, 2.75) is 13.0 Å². The molecule has 4 nitrogen and oxygen atoms in total. The molecule has 0 unspecified atom stereocenters. The van der Waals surface area contributed by atoms with E-state index in [9.17, 15) is 4.79 Å². The van der Waals surface area contributed by atoms with Gasteiger partial charge in [0.25, 0.3) is 0 Å². The third kappa shape index (κ3) is 3.03. The van der Waals surface area contributed by atoms with Crippen LogP contribution in [0.15, 0.2) is 63.8 Å². The van der Waals surface area contributed by atoms with E-state index in [4.69, 9.17) is 4.42 Å². The van der Waals surface area contributed by atoms with Crippen molar-refractivity contribution in [3.8, 4) is 10.4 Å². The van der Waals surface area contributed by atoms with Crippen molar-refractivity contribution < 1.29 is 4.42 Å². The average Bonchev–Trinajstić information content (AvgIpc) is 3.11. The van der Waals surface area contributed by atoms with Crippen LogP contribution in [-0.2, 0) is 0 Å². The lowest BCUT2D eigenvalue weighted by molar-refractivity contribution is 0.484. The lowest BCUT2D eigenvalue weighted by Gasteiger charge is -2.33. The summed E-state index contributed by atoms with van der Waals surface area (Å²) in [4.78, 5) is 16.0. The van der Waals surface area contributed by atoms with E-state index in [0.29, 0.717) is 17.2 Å². The molecule has 5 rings (SSSR count). The minimum atomic E-state index is -0.278. The molecule has 2 aromatic heterocycles. The van der Waals surface area contributed by atoms with Crippen LogP contribution in [0.25, 0.3) is 31.5 Å². The van der Waals surface area contributed by atoms with E-state index in [0.717, 1.165) is 41.0 Å². The van der Waals surface area contributed by atoms with Gasteiger partial charge in [-0.05, 0) is 42.6 Å². The lowest BCUT2D eigenvalue weighted by Crippen LogP contribution is -2.49. The smallest absolute Gasteiger partial charge is 0.345 e. The van der Waals surface area contributed by atoms with E-state index in [1.807, 2.05) is 24.3 Å². The Bertz CT molecular complexity index is 1160. The van der Waals surface area contributed by atoms with Crippen molar-refractivity contribution in [3.63, 3.8) is 0 Å². The minimum Gasteiger partial charge on any atom is -0.422 e. The Morgan fingerprint density at radius 2 is 2.00 bits per heavy atom. The summed E-state index contributed by atoms with van der Waals surface area (Å²) in [5.74, 6) is 0. The number of hydrogen-bond donors (Lipinski definition) is 1. The highest BCUT2D eigenvalue weighted by Crippen LogP contribution is 2.33. The number of fused-ring (bicyclic) bond motifs is 2. The molecule has 0 aliphatic carbocycles. The van der Waals surface area contributed by atoms with Gasteiger partial charge in [0, 0.05) is 52.4 Å². The van der Waals surface area contributed by atoms with Crippen LogP contribution >= 0.6 is 11.3 Å². The molecule has 1 aliphatic rings. The molecule has 136 valence electrons. The summed E-state index contributed by atoms with van der Waals surface area (Å²) in [6.45, 7) is 5.06. The van der Waals surface area contributed by atoms with Crippen LogP contribution < -0.4 is 15.8 Å². The van der Waals surface area contributed by atoms with E-state index in [1.165, 1.54) is 4.70 Å². The number of nitrogens with one attached hydrogen (secondary N) is 1. The van der Waals surface area contributed by atoms with Gasteiger partial charge in [-0.2, -0.15) is 0 Å². The second-order valence-electron chi connectivity index (χ2n) is 7.12. The topological polar surface area (TPSA) is 45.5 Å². The average molecular weight is 376 g/mol. The molecule has 5 heteroatoms. The number of piperazine rings is 1. The van der Waals surface area contributed by atoms with E-state index in [2.05, 4.69) is 47.5 Å². The van der Waals surface area contributed by atoms with Gasteiger partial charge in [-0.3, -0.25) is 0 Å². The van der Waals surface area contributed by atoms with Gasteiger partial charge in [-0.25, -0.2) is 4.79 Å². The molecule has 1 N–H and O–H groups in total. The summed E-state index contributed by atoms with van der Waals surface area (Å²) in [7, 11) is 0. The molecule has 1 saturated heterocycles. The molecule has 0 amide bonds. The minimum absolute atomic E-state index is 0.278. The first-order valence-corrected chi connectivity index (χ1v) is 10.0. The maximum Gasteiger partial charge on any atom is 0.345 e. The van der Waals surface area contributed by atoms with Crippen molar-refractivity contribution in [3.05, 3.63) is 65.0 Å². The van der Waals surface area contributed by atoms with Gasteiger partial charge < -0.3 is 14.6 Å². The second kappa shape index (κ2) is 6.51. The molecule has 0 saturated carbocycles. The highest BCUT2D eigenvalue weighted by Gasteiger charge is 2.17. The van der Waals surface area contributed by atoms with E-state index in [-0.39, 0.29) is 5.63 Å². The Morgan fingerprint density at radius 1 is 1.11 bits per heavy atom. The highest BCUT2D eigenvalue weighted by molar-refractivity contribution is 7.22. The fourth-order valence-corrected chi connectivity index (χ4v) is 4.82. The van der Waals surface area contributed by atoms with Crippen LogP contribution in [-0.4, -0.2) is 25.7 Å². The van der Waals surface area contributed by atoms with Crippen molar-refractivity contribution in [2.24, 2.45) is 0 Å². The van der Waals surface area contributed by atoms with Gasteiger partial charge >= 0.3 is 5.63 Å². The monoisotopic (exact) mass is 376 g/mol. The maximum atomic E-state index is 12.7. The standard InChI is InChI=1S/C22H20N2O2S/c1-14-13-24(9-8-23-14)17-7-6-15-10-18(22(25)26-19(15)12-17)21-11-16-4-2-3-5-20(16)27-21/h2-7,10-12,14,23H,8-9,13H2,1H3/t14-/m1/s1. The lowest BCUT2D eigenvalue weighted by atomic mass is 10.1. The number of benzene rings is 2. The van der Waals surface area contributed by atoms with Gasteiger partial charge in [-0.1, -0.05) is 18.2 Å². The van der Waals surface area contributed by atoms with Crippen molar-refractivity contribution >= 4 is 38.1 Å². The summed E-state index contributed by atoms with van der Waals surface area (Å²) in [5, 5.41) is 5.56. The molecule has 0 bridgehead atoms. The Hall–Kier alpha value is -2.63. The number of hydrogen-bond acceptors (Lipinski definition) is 5. The zero-order valence-electron chi connectivity index (χ0n) is 15.1. The highest BCUT2D eigenvalue weighted by atomic mass is 32.1. The van der Waals surface area contributed by atoms with Crippen molar-refractivity contribution in [2.75, 3.05) is 24.5 Å². The van der Waals surface area contributed by atoms with Crippen LogP contribution in [0.2, 0.25) is 0 Å². The number of anilines is 1. The van der Waals surface area contributed by atoms with Gasteiger partial charge in [0.1, 0.15) is 5.58 Å². The van der Waals surface area contributed by atoms with E-state index in [1.54, 1.807) is 11.3 Å². The molecular weight excluding hydrogens is 356 g/mol. The Balaban J connectivity index is 1.57. The number of nitrogens with zero attached hydrogens (tertiary/aromatic N) is 1. The molecule has 2 aromatic carbocycles. The van der Waals surface area contributed by atoms with Crippen molar-refractivity contribution in [1.82, 2.24) is 5.32 Å². The maximum absolute atomic E-state index is 12.7. The van der Waals surface area contributed by atoms with Crippen LogP contribution in [0.5, 0.6) is 0 Å². The molecule has 3 heterocycles. The van der Waals surface area contributed by atoms with Crippen molar-refractivity contribution in [1.29, 1.82) is 0 Å². The van der Waals surface area contributed by atoms with Crippen LogP contribution in [0.4, 0.5) is 5.69 Å². The summed E-state index contributed by atoms with van der Waals surface area (Å²) in [5.41, 5.74) is 2.11. The molecule has 27 heavy (non-hydrogen) atoms. The third-order valence-corrected chi connectivity index (χ3v) is 6.29. The second-order valence-corrected chi connectivity index (χ2v) is 8.20. The van der Waals surface area contributed by atoms with E-state index >= 15 is 0 Å². The van der Waals surface area contributed by atoms with Gasteiger partial charge in [0.15, 0.2) is 0 Å². The molecule has 1 fully saturated rings. The first-order chi connectivity index (χ1) is 13.2. The Labute approximate surface area is 161 Å². The largest absolute Gasteiger partial charge is 0.422 e. The molecule has 0 radical (unpaired) electrons. The predicted molar refractivity (Wildman–Crippen MR) is 113 cm³/mol. The normalized spacial score (nSPS) is 17.7. The van der Waals surface area contributed by atoms with Crippen LogP contribution in [0.1, 0.15) is 6.92 Å². The SMILES string of the molecule is C[C@@H]1CN(c2ccc3cc(-c4cc5ccccc5s4)c(=O)oc3c2)CCN1. The molecular formula is C22H20N2O2S. The molecule has 4 aromatic rings. The summed E-state index contributed by atoms with van der Waals surface area (Å²) < 4.78 is 6.89. The van der Waals surface area contributed by atoms with Gasteiger partial charge in [0.05, 0.1) is 5.56 Å². The predicted octanol–water partition coefficient (Wildman–Crippen LogP) is 4.47. The van der Waals surface area contributed by atoms with Crippen LogP contribution in [0.3, 0.4) is 0 Å². The molecule has 0 spiro atoms. The fraction of sp³-hybridized carbons (Fsp3) is 0.227. The van der Waals surface area contributed by atoms with Gasteiger partial charge in [0.2, 0.25) is 0 Å². The van der Waals surface area contributed by atoms with Gasteiger partial charge in [-0.15, -0.1) is 11.3 Å². The summed E-state index contributed by atoms with van der Waals surface area (Å²) >= 11 is 1.62. The summed E-state index contributed by atoms with van der Waals surface area (Å²) in [6.07, 6.45) is 0. The zero-order chi connectivity index (χ0) is 18.4. The molecule has 1 aliphatic heterocycles. The Kier molecular flexibility index (Phi) is 3.99. The van der Waals surface area contributed by atoms with E-state index < -0.39 is 0 Å². The quantitative estimate of drug-likeness (QED) is 0.524. The first-order valence-electron chi connectivity index (χ1n) is 9.22. The third-order valence-electron chi connectivity index (χ3n) is 5.14. The fourth-order valence-electron chi connectivity index (χ4n) is 3.75. The van der Waals surface area contributed by atoms with Crippen LogP contribution in [0, 0.1) is 0 Å². The number of rotatable bonds is 2. The first kappa shape index (κ1) is 16.5. The number of thiophene rings is 1. The Morgan fingerprint density at radius 3 is 2.85 bits per heavy atom. The molecule has 1 atom stereocenters. The zero-order valence-corrected chi connectivity index (χ0v) is 15.9.